The third-order valence-corrected chi connectivity index (χ3v) is 7.48. The number of carbonyl (C=O) groups is 3. The molecule has 0 aliphatic carbocycles. The van der Waals surface area contributed by atoms with Gasteiger partial charge in [-0.2, -0.15) is 0 Å². The quantitative estimate of drug-likeness (QED) is 0.253. The molecule has 3 amide bonds. The topological polar surface area (TPSA) is 69.7 Å². The first-order chi connectivity index (χ1) is 19.5. The molecule has 0 bridgehead atoms. The van der Waals surface area contributed by atoms with Crippen LogP contribution < -0.4 is 10.2 Å². The summed E-state index contributed by atoms with van der Waals surface area (Å²) in [6, 6.07) is 28.4. The second-order valence-electron chi connectivity index (χ2n) is 10.4. The third kappa shape index (κ3) is 5.76. The molecule has 0 saturated carbocycles. The van der Waals surface area contributed by atoms with Gasteiger partial charge >= 0.3 is 0 Å². The highest BCUT2D eigenvalue weighted by Gasteiger charge is 2.35. The van der Waals surface area contributed by atoms with Crippen LogP contribution >= 0.6 is 0 Å². The molecule has 1 aliphatic rings. The van der Waals surface area contributed by atoms with Gasteiger partial charge in [0.2, 0.25) is 11.8 Å². The van der Waals surface area contributed by atoms with Crippen molar-refractivity contribution < 1.29 is 14.4 Å². The van der Waals surface area contributed by atoms with Crippen LogP contribution in [0.2, 0.25) is 0 Å². The van der Waals surface area contributed by atoms with Crippen LogP contribution in [0.15, 0.2) is 91.0 Å². The van der Waals surface area contributed by atoms with E-state index < -0.39 is 6.04 Å². The van der Waals surface area contributed by atoms with Crippen LogP contribution in [0.25, 0.3) is 10.8 Å². The highest BCUT2D eigenvalue weighted by atomic mass is 16.2. The maximum atomic E-state index is 14.2. The molecule has 0 spiro atoms. The minimum atomic E-state index is -0.733. The number of hydrogen-bond acceptors (Lipinski definition) is 3. The average Bonchev–Trinajstić information content (AvgIpc) is 3.23. The summed E-state index contributed by atoms with van der Waals surface area (Å²) in [5, 5.41) is 4.89. The molecule has 1 heterocycles. The van der Waals surface area contributed by atoms with Crippen molar-refractivity contribution in [2.45, 2.75) is 45.7 Å². The fourth-order valence-electron chi connectivity index (χ4n) is 5.43. The van der Waals surface area contributed by atoms with E-state index in [1.165, 1.54) is 0 Å². The molecule has 1 N–H and O–H groups in total. The lowest BCUT2D eigenvalue weighted by Crippen LogP contribution is -2.53. The van der Waals surface area contributed by atoms with Gasteiger partial charge in [-0.25, -0.2) is 0 Å². The summed E-state index contributed by atoms with van der Waals surface area (Å²) < 4.78 is 0. The fraction of sp³-hybridized carbons (Fsp3) is 0.265. The molecule has 6 heteroatoms. The van der Waals surface area contributed by atoms with E-state index in [2.05, 4.69) is 12.2 Å². The second kappa shape index (κ2) is 12.2. The minimum absolute atomic E-state index is 0.147. The van der Waals surface area contributed by atoms with E-state index in [4.69, 9.17) is 0 Å². The number of amides is 3. The Balaban J connectivity index is 1.49. The van der Waals surface area contributed by atoms with Crippen molar-refractivity contribution >= 4 is 34.2 Å². The number of anilines is 1. The van der Waals surface area contributed by atoms with Gasteiger partial charge in [0.25, 0.3) is 5.91 Å². The number of benzene rings is 4. The first-order valence-electron chi connectivity index (χ1n) is 14.0. The summed E-state index contributed by atoms with van der Waals surface area (Å²) in [6.45, 7) is 4.75. The summed E-state index contributed by atoms with van der Waals surface area (Å²) in [6.07, 6.45) is 2.19. The van der Waals surface area contributed by atoms with E-state index in [9.17, 15) is 14.4 Å². The number of unbranched alkanes of at least 4 members (excludes halogenated alkanes) is 1. The van der Waals surface area contributed by atoms with Gasteiger partial charge in [0, 0.05) is 30.5 Å². The first kappa shape index (κ1) is 27.1. The van der Waals surface area contributed by atoms with Gasteiger partial charge in [0.1, 0.15) is 12.6 Å². The van der Waals surface area contributed by atoms with Crippen LogP contribution in [0.3, 0.4) is 0 Å². The normalized spacial score (nSPS) is 12.9. The summed E-state index contributed by atoms with van der Waals surface area (Å²) in [7, 11) is 0. The molecule has 4 aromatic carbocycles. The van der Waals surface area contributed by atoms with Gasteiger partial charge in [-0.3, -0.25) is 19.3 Å². The second-order valence-corrected chi connectivity index (χ2v) is 10.4. The van der Waals surface area contributed by atoms with Gasteiger partial charge in [-0.15, -0.1) is 0 Å². The van der Waals surface area contributed by atoms with Gasteiger partial charge in [-0.1, -0.05) is 97.8 Å². The summed E-state index contributed by atoms with van der Waals surface area (Å²) >= 11 is 0. The van der Waals surface area contributed by atoms with Crippen LogP contribution in [-0.2, 0) is 22.6 Å². The molecule has 0 radical (unpaired) electrons. The highest BCUT2D eigenvalue weighted by Crippen LogP contribution is 2.37. The first-order valence-corrected chi connectivity index (χ1v) is 14.0. The van der Waals surface area contributed by atoms with Gasteiger partial charge in [-0.05, 0) is 42.0 Å². The predicted molar refractivity (Wildman–Crippen MR) is 159 cm³/mol. The van der Waals surface area contributed by atoms with Gasteiger partial charge < -0.3 is 10.2 Å². The Hall–Kier alpha value is -4.45. The highest BCUT2D eigenvalue weighted by molar-refractivity contribution is 6.26. The monoisotopic (exact) mass is 533 g/mol. The number of nitrogens with one attached hydrogen (secondary N) is 1. The Kier molecular flexibility index (Phi) is 8.25. The van der Waals surface area contributed by atoms with Crippen molar-refractivity contribution in [1.82, 2.24) is 10.2 Å². The molecule has 5 rings (SSSR count). The molecule has 1 atom stereocenters. The Morgan fingerprint density at radius 3 is 2.38 bits per heavy atom. The van der Waals surface area contributed by atoms with Crippen LogP contribution in [0.5, 0.6) is 0 Å². The number of rotatable bonds is 11. The van der Waals surface area contributed by atoms with E-state index in [-0.39, 0.29) is 30.8 Å². The number of hydrogen-bond donors (Lipinski definition) is 1. The summed E-state index contributed by atoms with van der Waals surface area (Å²) in [4.78, 5) is 44.6. The number of carbonyl (C=O) groups excluding carboxylic acids is 3. The van der Waals surface area contributed by atoms with Crippen molar-refractivity contribution in [1.29, 1.82) is 0 Å². The SMILES string of the molecule is CCCCNC(=O)C(Cc1ccccc1)N(Cc1cccc(C)c1)C(=O)CN1C(=O)c2cccc3cccc1c23. The lowest BCUT2D eigenvalue weighted by Gasteiger charge is -2.33. The molecule has 0 saturated heterocycles. The molecule has 6 nitrogen and oxygen atoms in total. The summed E-state index contributed by atoms with van der Waals surface area (Å²) in [5.74, 6) is -0.648. The standard InChI is InChI=1S/C34H35N3O3/c1-3-4-19-35-33(39)30(21-25-12-6-5-7-13-25)36(22-26-14-8-11-24(2)20-26)31(38)23-37-29-18-10-16-27-15-9-17-28(32(27)29)34(37)40/h5-18,20,30H,3-4,19,21-23H2,1-2H3,(H,35,39). The lowest BCUT2D eigenvalue weighted by molar-refractivity contribution is -0.140. The van der Waals surface area contributed by atoms with Crippen molar-refractivity contribution in [3.05, 3.63) is 113 Å². The van der Waals surface area contributed by atoms with Crippen molar-refractivity contribution in [2.75, 3.05) is 18.0 Å². The molecule has 0 fully saturated rings. The zero-order valence-corrected chi connectivity index (χ0v) is 23.1. The van der Waals surface area contributed by atoms with E-state index in [0.29, 0.717) is 18.5 Å². The van der Waals surface area contributed by atoms with E-state index in [0.717, 1.165) is 46.0 Å². The van der Waals surface area contributed by atoms with Gasteiger partial charge in [0.05, 0.1) is 5.69 Å². The number of aryl methyl sites for hydroxylation is 1. The Labute approximate surface area is 235 Å². The zero-order valence-electron chi connectivity index (χ0n) is 23.1. The fourth-order valence-corrected chi connectivity index (χ4v) is 5.43. The van der Waals surface area contributed by atoms with E-state index >= 15 is 0 Å². The van der Waals surface area contributed by atoms with E-state index in [1.807, 2.05) is 97.9 Å². The Morgan fingerprint density at radius 2 is 1.62 bits per heavy atom. The molecular formula is C34H35N3O3. The molecular weight excluding hydrogens is 498 g/mol. The zero-order chi connectivity index (χ0) is 28.1. The lowest BCUT2D eigenvalue weighted by atomic mass is 10.0. The molecule has 40 heavy (non-hydrogen) atoms. The van der Waals surface area contributed by atoms with Crippen LogP contribution in [0.1, 0.15) is 46.8 Å². The Bertz CT molecular complexity index is 1530. The van der Waals surface area contributed by atoms with Crippen molar-refractivity contribution in [2.24, 2.45) is 0 Å². The van der Waals surface area contributed by atoms with Crippen LogP contribution in [0, 0.1) is 6.92 Å². The maximum absolute atomic E-state index is 14.2. The van der Waals surface area contributed by atoms with Crippen LogP contribution in [-0.4, -0.2) is 41.8 Å². The molecule has 1 aliphatic heterocycles. The van der Waals surface area contributed by atoms with Crippen LogP contribution in [0.4, 0.5) is 5.69 Å². The number of nitrogens with zero attached hydrogens (tertiary/aromatic N) is 2. The largest absolute Gasteiger partial charge is 0.354 e. The minimum Gasteiger partial charge on any atom is -0.354 e. The molecule has 0 aromatic heterocycles. The summed E-state index contributed by atoms with van der Waals surface area (Å²) in [5.41, 5.74) is 4.31. The third-order valence-electron chi connectivity index (χ3n) is 7.48. The molecule has 204 valence electrons. The smallest absolute Gasteiger partial charge is 0.259 e. The van der Waals surface area contributed by atoms with E-state index in [1.54, 1.807) is 9.80 Å². The molecule has 4 aromatic rings. The van der Waals surface area contributed by atoms with Gasteiger partial charge in [0.15, 0.2) is 0 Å². The average molecular weight is 534 g/mol. The Morgan fingerprint density at radius 1 is 0.900 bits per heavy atom. The van der Waals surface area contributed by atoms with Crippen molar-refractivity contribution in [3.63, 3.8) is 0 Å². The maximum Gasteiger partial charge on any atom is 0.259 e. The predicted octanol–water partition coefficient (Wildman–Crippen LogP) is 5.66. The van der Waals surface area contributed by atoms with Crippen molar-refractivity contribution in [3.8, 4) is 0 Å². The molecule has 1 unspecified atom stereocenters.